The molecule has 0 amide bonds. The fourth-order valence-electron chi connectivity index (χ4n) is 2.18. The van der Waals surface area contributed by atoms with Crippen LogP contribution in [0.15, 0.2) is 0 Å². The van der Waals surface area contributed by atoms with E-state index in [4.69, 9.17) is 5.11 Å². The van der Waals surface area contributed by atoms with E-state index in [1.54, 1.807) is 0 Å². The first-order valence-corrected chi connectivity index (χ1v) is 5.26. The van der Waals surface area contributed by atoms with Gasteiger partial charge in [-0.3, -0.25) is 4.79 Å². The molecule has 0 bridgehead atoms. The molecule has 3 nitrogen and oxygen atoms in total. The molecule has 2 aliphatic carbocycles. The van der Waals surface area contributed by atoms with Gasteiger partial charge in [-0.25, -0.2) is 0 Å². The molecule has 0 aromatic rings. The van der Waals surface area contributed by atoms with Gasteiger partial charge in [-0.05, 0) is 25.7 Å². The summed E-state index contributed by atoms with van der Waals surface area (Å²) < 4.78 is 0. The van der Waals surface area contributed by atoms with Crippen LogP contribution in [0.2, 0.25) is 0 Å². The minimum absolute atomic E-state index is 0.130. The van der Waals surface area contributed by atoms with Crippen LogP contribution in [0.1, 0.15) is 38.5 Å². The number of carboxylic acid groups (broad SMARTS) is 1. The van der Waals surface area contributed by atoms with Crippen LogP contribution >= 0.6 is 0 Å². The van der Waals surface area contributed by atoms with Crippen molar-refractivity contribution in [2.45, 2.75) is 50.6 Å². The summed E-state index contributed by atoms with van der Waals surface area (Å²) in [5.74, 6) is -0.743. The lowest BCUT2D eigenvalue weighted by Crippen LogP contribution is -2.43. The van der Waals surface area contributed by atoms with Gasteiger partial charge in [0.05, 0.1) is 5.92 Å². The summed E-state index contributed by atoms with van der Waals surface area (Å²) in [6, 6.07) is 0.878. The lowest BCUT2D eigenvalue weighted by molar-refractivity contribution is -0.143. The topological polar surface area (TPSA) is 49.3 Å². The molecule has 0 unspecified atom stereocenters. The number of hydrogen-bond donors (Lipinski definition) is 2. The quantitative estimate of drug-likeness (QED) is 0.695. The summed E-state index contributed by atoms with van der Waals surface area (Å²) in [5.41, 5.74) is 0. The smallest absolute Gasteiger partial charge is 0.308 e. The molecule has 0 aromatic carbocycles. The Morgan fingerprint density at radius 3 is 2.46 bits per heavy atom. The van der Waals surface area contributed by atoms with E-state index in [0.29, 0.717) is 6.04 Å². The molecule has 0 aromatic heterocycles. The van der Waals surface area contributed by atoms with Crippen LogP contribution in [0.3, 0.4) is 0 Å². The first-order valence-electron chi connectivity index (χ1n) is 5.26. The SMILES string of the molecule is O=C(O)[C@@H]1CCCC[C@@H]1NC1CC1. The fourth-order valence-corrected chi connectivity index (χ4v) is 2.18. The third-order valence-corrected chi connectivity index (χ3v) is 3.11. The molecule has 0 heterocycles. The maximum absolute atomic E-state index is 10.9. The van der Waals surface area contributed by atoms with E-state index in [0.717, 1.165) is 19.3 Å². The van der Waals surface area contributed by atoms with E-state index in [2.05, 4.69) is 5.32 Å². The van der Waals surface area contributed by atoms with Gasteiger partial charge in [0.1, 0.15) is 0 Å². The third-order valence-electron chi connectivity index (χ3n) is 3.11. The normalized spacial score (nSPS) is 34.5. The summed E-state index contributed by atoms with van der Waals surface area (Å²) in [5, 5.41) is 12.4. The van der Waals surface area contributed by atoms with Gasteiger partial charge in [-0.15, -0.1) is 0 Å². The highest BCUT2D eigenvalue weighted by Gasteiger charge is 2.34. The Kier molecular flexibility index (Phi) is 2.54. The van der Waals surface area contributed by atoms with Crippen LogP contribution in [-0.2, 0) is 4.79 Å². The van der Waals surface area contributed by atoms with Crippen molar-refractivity contribution < 1.29 is 9.90 Å². The Balaban J connectivity index is 1.90. The zero-order valence-electron chi connectivity index (χ0n) is 7.83. The van der Waals surface area contributed by atoms with Crippen LogP contribution in [-0.4, -0.2) is 23.2 Å². The zero-order chi connectivity index (χ0) is 9.26. The second-order valence-electron chi connectivity index (χ2n) is 4.28. The molecule has 2 aliphatic rings. The molecule has 0 radical (unpaired) electrons. The Morgan fingerprint density at radius 2 is 1.85 bits per heavy atom. The molecule has 13 heavy (non-hydrogen) atoms. The number of hydrogen-bond acceptors (Lipinski definition) is 2. The van der Waals surface area contributed by atoms with Crippen molar-refractivity contribution in [3.05, 3.63) is 0 Å². The molecule has 2 atom stereocenters. The summed E-state index contributed by atoms with van der Waals surface area (Å²) >= 11 is 0. The van der Waals surface area contributed by atoms with Crippen LogP contribution in [0, 0.1) is 5.92 Å². The lowest BCUT2D eigenvalue weighted by atomic mass is 9.84. The van der Waals surface area contributed by atoms with Crippen molar-refractivity contribution in [2.75, 3.05) is 0 Å². The average molecular weight is 183 g/mol. The van der Waals surface area contributed by atoms with E-state index in [1.165, 1.54) is 19.3 Å². The molecule has 0 spiro atoms. The van der Waals surface area contributed by atoms with Crippen molar-refractivity contribution in [3.8, 4) is 0 Å². The lowest BCUT2D eigenvalue weighted by Gasteiger charge is -2.29. The standard InChI is InChI=1S/C10H17NO2/c12-10(13)8-3-1-2-4-9(8)11-7-5-6-7/h7-9,11H,1-6H2,(H,12,13)/t8-,9+/m1/s1. The van der Waals surface area contributed by atoms with E-state index in [-0.39, 0.29) is 12.0 Å². The highest BCUT2D eigenvalue weighted by molar-refractivity contribution is 5.71. The first-order chi connectivity index (χ1) is 6.27. The van der Waals surface area contributed by atoms with Gasteiger partial charge in [0, 0.05) is 12.1 Å². The Bertz CT molecular complexity index is 201. The molecular formula is C10H17NO2. The molecule has 74 valence electrons. The third kappa shape index (κ3) is 2.21. The van der Waals surface area contributed by atoms with Crippen molar-refractivity contribution >= 4 is 5.97 Å². The maximum Gasteiger partial charge on any atom is 0.308 e. The van der Waals surface area contributed by atoms with Crippen molar-refractivity contribution in [1.29, 1.82) is 0 Å². The summed E-state index contributed by atoms with van der Waals surface area (Å²) in [4.78, 5) is 10.9. The highest BCUT2D eigenvalue weighted by atomic mass is 16.4. The minimum atomic E-state index is -0.613. The predicted molar refractivity (Wildman–Crippen MR) is 49.5 cm³/mol. The highest BCUT2D eigenvalue weighted by Crippen LogP contribution is 2.28. The van der Waals surface area contributed by atoms with Crippen molar-refractivity contribution in [1.82, 2.24) is 5.32 Å². The number of carbonyl (C=O) groups is 1. The largest absolute Gasteiger partial charge is 0.481 e. The van der Waals surface area contributed by atoms with Gasteiger partial charge >= 0.3 is 5.97 Å². The number of aliphatic carboxylic acids is 1. The fraction of sp³-hybridized carbons (Fsp3) is 0.900. The second-order valence-corrected chi connectivity index (χ2v) is 4.28. The molecule has 3 heteroatoms. The monoisotopic (exact) mass is 183 g/mol. The van der Waals surface area contributed by atoms with Gasteiger partial charge in [0.25, 0.3) is 0 Å². The van der Waals surface area contributed by atoms with Crippen molar-refractivity contribution in [3.63, 3.8) is 0 Å². The van der Waals surface area contributed by atoms with E-state index in [1.807, 2.05) is 0 Å². The second kappa shape index (κ2) is 3.66. The molecule has 0 saturated heterocycles. The van der Waals surface area contributed by atoms with Crippen LogP contribution in [0.4, 0.5) is 0 Å². The Labute approximate surface area is 78.5 Å². The summed E-state index contributed by atoms with van der Waals surface area (Å²) in [6.07, 6.45) is 6.66. The van der Waals surface area contributed by atoms with Gasteiger partial charge in [0.2, 0.25) is 0 Å². The molecular weight excluding hydrogens is 166 g/mol. The van der Waals surface area contributed by atoms with E-state index in [9.17, 15) is 4.79 Å². The molecule has 2 rings (SSSR count). The minimum Gasteiger partial charge on any atom is -0.481 e. The van der Waals surface area contributed by atoms with E-state index < -0.39 is 5.97 Å². The molecule has 2 N–H and O–H groups in total. The molecule has 2 saturated carbocycles. The number of rotatable bonds is 3. The first kappa shape index (κ1) is 9.00. The Morgan fingerprint density at radius 1 is 1.15 bits per heavy atom. The molecule has 0 aliphatic heterocycles. The Hall–Kier alpha value is -0.570. The number of carboxylic acids is 1. The van der Waals surface area contributed by atoms with Crippen LogP contribution in [0.25, 0.3) is 0 Å². The summed E-state index contributed by atoms with van der Waals surface area (Å²) in [6.45, 7) is 0. The zero-order valence-corrected chi connectivity index (χ0v) is 7.83. The van der Waals surface area contributed by atoms with Gasteiger partial charge < -0.3 is 10.4 Å². The average Bonchev–Trinajstić information content (AvgIpc) is 2.89. The molecule has 2 fully saturated rings. The van der Waals surface area contributed by atoms with Gasteiger partial charge in [0.15, 0.2) is 0 Å². The van der Waals surface area contributed by atoms with E-state index >= 15 is 0 Å². The predicted octanol–water partition coefficient (Wildman–Crippen LogP) is 1.38. The van der Waals surface area contributed by atoms with Crippen LogP contribution < -0.4 is 5.32 Å². The van der Waals surface area contributed by atoms with Gasteiger partial charge in [-0.2, -0.15) is 0 Å². The van der Waals surface area contributed by atoms with Crippen molar-refractivity contribution in [2.24, 2.45) is 5.92 Å². The maximum atomic E-state index is 10.9. The van der Waals surface area contributed by atoms with Crippen LogP contribution in [0.5, 0.6) is 0 Å². The number of nitrogens with one attached hydrogen (secondary N) is 1. The summed E-state index contributed by atoms with van der Waals surface area (Å²) in [7, 11) is 0. The van der Waals surface area contributed by atoms with Gasteiger partial charge in [-0.1, -0.05) is 12.8 Å².